The third-order valence-corrected chi connectivity index (χ3v) is 4.00. The molecule has 0 aliphatic heterocycles. The number of aliphatic hydroxyl groups is 1. The first-order chi connectivity index (χ1) is 10.0. The van der Waals surface area contributed by atoms with Gasteiger partial charge < -0.3 is 9.84 Å². The van der Waals surface area contributed by atoms with Crippen molar-refractivity contribution in [3.05, 3.63) is 46.2 Å². The molecule has 4 nitrogen and oxygen atoms in total. The van der Waals surface area contributed by atoms with Gasteiger partial charge in [0.05, 0.1) is 11.8 Å². The molecule has 114 valence electrons. The Kier molecular flexibility index (Phi) is 5.42. The van der Waals surface area contributed by atoms with Gasteiger partial charge in [-0.2, -0.15) is 5.10 Å². The second kappa shape index (κ2) is 7.09. The zero-order valence-corrected chi connectivity index (χ0v) is 14.2. The maximum absolute atomic E-state index is 9.79. The molecule has 0 amide bonds. The molecule has 1 aromatic heterocycles. The van der Waals surface area contributed by atoms with E-state index in [9.17, 15) is 5.11 Å². The van der Waals surface area contributed by atoms with Gasteiger partial charge in [0.15, 0.2) is 0 Å². The van der Waals surface area contributed by atoms with E-state index in [0.29, 0.717) is 18.4 Å². The van der Waals surface area contributed by atoms with Crippen LogP contribution in [0.15, 0.2) is 34.9 Å². The Hall–Kier alpha value is -1.33. The van der Waals surface area contributed by atoms with Crippen LogP contribution in [0.25, 0.3) is 0 Å². The summed E-state index contributed by atoms with van der Waals surface area (Å²) in [6, 6.07) is 7.98. The van der Waals surface area contributed by atoms with Crippen LogP contribution < -0.4 is 4.74 Å². The predicted molar refractivity (Wildman–Crippen MR) is 86.3 cm³/mol. The summed E-state index contributed by atoms with van der Waals surface area (Å²) in [6.07, 6.45) is 2.45. The lowest BCUT2D eigenvalue weighted by Gasteiger charge is -2.13. The van der Waals surface area contributed by atoms with Crippen molar-refractivity contribution in [2.45, 2.75) is 45.9 Å². The highest BCUT2D eigenvalue weighted by atomic mass is 79.9. The second-order valence-corrected chi connectivity index (χ2v) is 6.11. The van der Waals surface area contributed by atoms with Crippen molar-refractivity contribution in [1.29, 1.82) is 0 Å². The Morgan fingerprint density at radius 3 is 2.76 bits per heavy atom. The molecule has 1 heterocycles. The minimum atomic E-state index is -0.564. The van der Waals surface area contributed by atoms with E-state index in [0.717, 1.165) is 22.2 Å². The minimum Gasteiger partial charge on any atom is -0.487 e. The molecule has 2 rings (SSSR count). The molecule has 0 aliphatic carbocycles. The topological polar surface area (TPSA) is 47.3 Å². The van der Waals surface area contributed by atoms with Crippen LogP contribution in [0.5, 0.6) is 5.75 Å². The smallest absolute Gasteiger partial charge is 0.132 e. The fourth-order valence-electron chi connectivity index (χ4n) is 2.02. The quantitative estimate of drug-likeness (QED) is 0.845. The summed E-state index contributed by atoms with van der Waals surface area (Å²) in [7, 11) is 0. The first-order valence-corrected chi connectivity index (χ1v) is 7.95. The molecule has 0 saturated carbocycles. The lowest BCUT2D eigenvalue weighted by Crippen LogP contribution is -2.06. The molecule has 1 aromatic carbocycles. The monoisotopic (exact) mass is 352 g/mol. The van der Waals surface area contributed by atoms with Crippen molar-refractivity contribution in [3.63, 3.8) is 0 Å². The van der Waals surface area contributed by atoms with Crippen molar-refractivity contribution in [2.75, 3.05) is 0 Å². The molecule has 1 unspecified atom stereocenters. The van der Waals surface area contributed by atoms with Crippen LogP contribution in [-0.4, -0.2) is 14.9 Å². The molecule has 5 heteroatoms. The largest absolute Gasteiger partial charge is 0.487 e. The van der Waals surface area contributed by atoms with Crippen LogP contribution >= 0.6 is 15.9 Å². The summed E-state index contributed by atoms with van der Waals surface area (Å²) in [4.78, 5) is 0. The van der Waals surface area contributed by atoms with Gasteiger partial charge in [0, 0.05) is 22.3 Å². The molecular formula is C16H21BrN2O2. The van der Waals surface area contributed by atoms with E-state index in [2.05, 4.69) is 34.9 Å². The number of ether oxygens (including phenoxy) is 1. The van der Waals surface area contributed by atoms with Crippen LogP contribution in [0, 0.1) is 0 Å². The van der Waals surface area contributed by atoms with Crippen LogP contribution in [0.2, 0.25) is 0 Å². The second-order valence-electron chi connectivity index (χ2n) is 5.19. The van der Waals surface area contributed by atoms with Gasteiger partial charge >= 0.3 is 0 Å². The molecular weight excluding hydrogens is 332 g/mol. The number of rotatable bonds is 6. The SMILES string of the molecule is CCC(C)n1ccc(COc2cc(Br)ccc2[C@@H](C)O)n1. The first-order valence-electron chi connectivity index (χ1n) is 7.15. The minimum absolute atomic E-state index is 0.387. The average molecular weight is 353 g/mol. The van der Waals surface area contributed by atoms with E-state index in [1.165, 1.54) is 0 Å². The van der Waals surface area contributed by atoms with Gasteiger partial charge in [0.1, 0.15) is 12.4 Å². The molecule has 2 aromatic rings. The average Bonchev–Trinajstić information content (AvgIpc) is 2.93. The highest BCUT2D eigenvalue weighted by Crippen LogP contribution is 2.29. The van der Waals surface area contributed by atoms with E-state index in [4.69, 9.17) is 4.74 Å². The van der Waals surface area contributed by atoms with Crippen LogP contribution in [-0.2, 0) is 6.61 Å². The Labute approximate surface area is 133 Å². The van der Waals surface area contributed by atoms with E-state index in [1.807, 2.05) is 35.1 Å². The lowest BCUT2D eigenvalue weighted by atomic mass is 10.1. The number of hydrogen-bond acceptors (Lipinski definition) is 3. The summed E-state index contributed by atoms with van der Waals surface area (Å²) in [5, 5.41) is 14.3. The fraction of sp³-hybridized carbons (Fsp3) is 0.438. The molecule has 21 heavy (non-hydrogen) atoms. The maximum atomic E-state index is 9.79. The van der Waals surface area contributed by atoms with Crippen molar-refractivity contribution >= 4 is 15.9 Å². The van der Waals surface area contributed by atoms with E-state index >= 15 is 0 Å². The standard InChI is InChI=1S/C16H21BrN2O2/c1-4-11(2)19-8-7-14(18-19)10-21-16-9-13(17)5-6-15(16)12(3)20/h5-9,11-12,20H,4,10H2,1-3H3/t11?,12-/m1/s1. The third kappa shape index (κ3) is 4.08. The highest BCUT2D eigenvalue weighted by Gasteiger charge is 2.11. The Balaban J connectivity index is 2.09. The zero-order chi connectivity index (χ0) is 15.4. The zero-order valence-electron chi connectivity index (χ0n) is 12.6. The van der Waals surface area contributed by atoms with Gasteiger partial charge in [-0.3, -0.25) is 4.68 Å². The molecule has 1 N–H and O–H groups in total. The van der Waals surface area contributed by atoms with Crippen molar-refractivity contribution < 1.29 is 9.84 Å². The summed E-state index contributed by atoms with van der Waals surface area (Å²) >= 11 is 3.42. The summed E-state index contributed by atoms with van der Waals surface area (Å²) in [6.45, 7) is 6.39. The van der Waals surface area contributed by atoms with Gasteiger partial charge in [0.25, 0.3) is 0 Å². The molecule has 0 fully saturated rings. The number of benzene rings is 1. The highest BCUT2D eigenvalue weighted by molar-refractivity contribution is 9.10. The van der Waals surface area contributed by atoms with E-state index in [1.54, 1.807) is 6.92 Å². The summed E-state index contributed by atoms with van der Waals surface area (Å²) in [5.41, 5.74) is 1.66. The van der Waals surface area contributed by atoms with Crippen molar-refractivity contribution in [1.82, 2.24) is 9.78 Å². The van der Waals surface area contributed by atoms with Crippen LogP contribution in [0.4, 0.5) is 0 Å². The molecule has 0 radical (unpaired) electrons. The summed E-state index contributed by atoms with van der Waals surface area (Å²) < 4.78 is 8.70. The number of nitrogens with zero attached hydrogens (tertiary/aromatic N) is 2. The van der Waals surface area contributed by atoms with Crippen LogP contribution in [0.3, 0.4) is 0 Å². The number of halogens is 1. The lowest BCUT2D eigenvalue weighted by molar-refractivity contribution is 0.189. The van der Waals surface area contributed by atoms with Crippen molar-refractivity contribution in [3.8, 4) is 5.75 Å². The van der Waals surface area contributed by atoms with E-state index < -0.39 is 6.10 Å². The first kappa shape index (κ1) is 16.0. The Morgan fingerprint density at radius 2 is 2.10 bits per heavy atom. The number of aromatic nitrogens is 2. The van der Waals surface area contributed by atoms with Crippen LogP contribution in [0.1, 0.15) is 50.6 Å². The maximum Gasteiger partial charge on any atom is 0.132 e. The van der Waals surface area contributed by atoms with Gasteiger partial charge in [-0.25, -0.2) is 0 Å². The molecule has 0 saturated heterocycles. The Bertz CT molecular complexity index is 596. The Morgan fingerprint density at radius 1 is 1.33 bits per heavy atom. The summed E-state index contributed by atoms with van der Waals surface area (Å²) in [5.74, 6) is 0.678. The van der Waals surface area contributed by atoms with Crippen molar-refractivity contribution in [2.24, 2.45) is 0 Å². The third-order valence-electron chi connectivity index (χ3n) is 3.51. The molecule has 0 bridgehead atoms. The number of hydrogen-bond donors (Lipinski definition) is 1. The molecule has 0 aliphatic rings. The normalized spacial score (nSPS) is 14.0. The van der Waals surface area contributed by atoms with Gasteiger partial charge in [-0.15, -0.1) is 0 Å². The van der Waals surface area contributed by atoms with E-state index in [-0.39, 0.29) is 0 Å². The number of aliphatic hydroxyl groups excluding tert-OH is 1. The molecule has 0 spiro atoms. The molecule has 2 atom stereocenters. The van der Waals surface area contributed by atoms with Gasteiger partial charge in [0.2, 0.25) is 0 Å². The van der Waals surface area contributed by atoms with Gasteiger partial charge in [-0.1, -0.05) is 28.9 Å². The van der Waals surface area contributed by atoms with Gasteiger partial charge in [-0.05, 0) is 38.5 Å². The fourth-order valence-corrected chi connectivity index (χ4v) is 2.36. The predicted octanol–water partition coefficient (Wildman–Crippen LogP) is 4.25.